The number of para-hydroxylation sites is 4. The van der Waals surface area contributed by atoms with Crippen molar-refractivity contribution in [3.63, 3.8) is 0 Å². The van der Waals surface area contributed by atoms with Crippen molar-refractivity contribution in [1.29, 1.82) is 5.26 Å². The maximum Gasteiger partial charge on any atom is 0.418 e. The summed E-state index contributed by atoms with van der Waals surface area (Å²) in [7, 11) is 0. The zero-order chi connectivity index (χ0) is 65.3. The summed E-state index contributed by atoms with van der Waals surface area (Å²) in [6.45, 7) is 7.98. The molecule has 16 rings (SSSR count). The number of aromatic nitrogens is 4. The van der Waals surface area contributed by atoms with Gasteiger partial charge in [0.25, 0.3) is 0 Å². The largest absolute Gasteiger partial charge is 0.418 e. The number of nitrogens with zero attached hydrogens (tertiary/aromatic N) is 5. The van der Waals surface area contributed by atoms with Crippen molar-refractivity contribution in [1.82, 2.24) is 18.3 Å². The minimum Gasteiger partial charge on any atom is -0.307 e. The molecule has 0 fully saturated rings. The molecule has 0 aliphatic heterocycles. The number of halogens is 9. The quantitative estimate of drug-likeness (QED) is 0.153. The number of rotatable bonds is 6. The van der Waals surface area contributed by atoms with Gasteiger partial charge in [-0.3, -0.25) is 0 Å². The van der Waals surface area contributed by atoms with E-state index in [2.05, 4.69) is 53.3 Å². The van der Waals surface area contributed by atoms with E-state index in [0.29, 0.717) is 39.0 Å². The predicted molar refractivity (Wildman–Crippen MR) is 360 cm³/mol. The Morgan fingerprint density at radius 3 is 0.936 bits per heavy atom. The number of alkyl halides is 9. The zero-order valence-electron chi connectivity index (χ0n) is 50.7. The molecule has 94 heavy (non-hydrogen) atoms. The molecule has 0 saturated heterocycles. The lowest BCUT2D eigenvalue weighted by molar-refractivity contribution is -0.138. The van der Waals surface area contributed by atoms with E-state index in [0.717, 1.165) is 106 Å². The molecule has 0 spiro atoms. The van der Waals surface area contributed by atoms with Crippen molar-refractivity contribution in [3.05, 3.63) is 287 Å². The summed E-state index contributed by atoms with van der Waals surface area (Å²) >= 11 is 0. The van der Waals surface area contributed by atoms with Crippen molar-refractivity contribution in [2.24, 2.45) is 0 Å². The van der Waals surface area contributed by atoms with Gasteiger partial charge in [-0.05, 0) is 157 Å². The first kappa shape index (κ1) is 59.0. The van der Waals surface area contributed by atoms with Crippen molar-refractivity contribution in [2.75, 3.05) is 0 Å². The predicted octanol–water partition coefficient (Wildman–Crippen LogP) is 23.3. The van der Waals surface area contributed by atoms with E-state index in [4.69, 9.17) is 0 Å². The van der Waals surface area contributed by atoms with E-state index in [1.54, 1.807) is 45.5 Å². The fourth-order valence-corrected chi connectivity index (χ4v) is 14.4. The molecule has 0 N–H and O–H groups in total. The monoisotopic (exact) mass is 1250 g/mol. The summed E-state index contributed by atoms with van der Waals surface area (Å²) < 4.78 is 141. The van der Waals surface area contributed by atoms with Gasteiger partial charge in [-0.25, -0.2) is 0 Å². The molecule has 460 valence electrons. The van der Waals surface area contributed by atoms with Crippen LogP contribution in [0.25, 0.3) is 132 Å². The molecular formula is C80H52F9N5. The normalized spacial score (nSPS) is 12.3. The van der Waals surface area contributed by atoms with Crippen molar-refractivity contribution in [3.8, 4) is 51.1 Å². The van der Waals surface area contributed by atoms with Gasteiger partial charge in [-0.15, -0.1) is 0 Å². The molecule has 4 aromatic heterocycles. The van der Waals surface area contributed by atoms with Gasteiger partial charge in [0.1, 0.15) is 6.07 Å². The summed E-state index contributed by atoms with van der Waals surface area (Å²) in [4.78, 5) is 0. The van der Waals surface area contributed by atoms with Gasteiger partial charge >= 0.3 is 18.5 Å². The van der Waals surface area contributed by atoms with Gasteiger partial charge < -0.3 is 18.3 Å². The van der Waals surface area contributed by atoms with Crippen LogP contribution in [0.4, 0.5) is 39.5 Å². The standard InChI is InChI=1S/C40H26F6N2.C40H26F3N3/c1-23-11-9-19-33-36(23)27-14-4-7-17-31(27)47(33)35-22-25(26-13-3-6-16-29(26)39(41,42)43)21-30(40(44,45)46)38(35)48-32-18-8-5-15-28(32)37-24(2)12-10-20-34(37)48;1-24-11-9-19-34-37(24)29-14-4-7-17-32(29)45(34)36-22-26(28-13-3-6-16-31(28)40(41,42)43)21-27(23-44)39(36)46-33-18-8-5-15-30(33)38-25(2)12-10-20-35(38)46/h3-22H,1-2H3;3-22H,1-2H3. The molecule has 16 aromatic rings. The third-order valence-corrected chi connectivity index (χ3v) is 18.2. The van der Waals surface area contributed by atoms with Gasteiger partial charge in [0, 0.05) is 43.1 Å². The van der Waals surface area contributed by atoms with Crippen LogP contribution in [0.15, 0.2) is 243 Å². The fourth-order valence-electron chi connectivity index (χ4n) is 14.4. The van der Waals surface area contributed by atoms with Gasteiger partial charge in [0.15, 0.2) is 0 Å². The first-order valence-electron chi connectivity index (χ1n) is 30.4. The Kier molecular flexibility index (Phi) is 13.8. The first-order valence-corrected chi connectivity index (χ1v) is 30.4. The summed E-state index contributed by atoms with van der Waals surface area (Å²) in [5, 5.41) is 18.3. The molecule has 14 heteroatoms. The highest BCUT2D eigenvalue weighted by Crippen LogP contribution is 2.50. The SMILES string of the molecule is Cc1cccc2c1c1ccccc1n2-c1cc(-c2ccccc2C(F)(F)F)cc(C#N)c1-n1c2ccccc2c2c(C)cccc21.Cc1cccc2c1c1ccccc1n2-c1cc(-c2ccccc2C(F)(F)F)cc(C(F)(F)F)c1-n1c2ccccc2c2c(C)cccc21. The molecule has 5 nitrogen and oxygen atoms in total. The second-order valence-electron chi connectivity index (χ2n) is 23.8. The Balaban J connectivity index is 0.000000155. The molecule has 12 aromatic carbocycles. The first-order chi connectivity index (χ1) is 45.2. The van der Waals surface area contributed by atoms with Crippen LogP contribution in [-0.4, -0.2) is 18.3 Å². The summed E-state index contributed by atoms with van der Waals surface area (Å²) in [5.41, 5.74) is 8.45. The lowest BCUT2D eigenvalue weighted by Gasteiger charge is -2.24. The van der Waals surface area contributed by atoms with E-state index >= 15 is 13.2 Å². The zero-order valence-corrected chi connectivity index (χ0v) is 50.7. The molecular weight excluding hydrogens is 1200 g/mol. The van der Waals surface area contributed by atoms with Gasteiger partial charge in [-0.2, -0.15) is 44.8 Å². The molecule has 0 aliphatic carbocycles. The lowest BCUT2D eigenvalue weighted by atomic mass is 9.95. The molecule has 4 heterocycles. The Labute approximate surface area is 532 Å². The average molecular weight is 1250 g/mol. The van der Waals surface area contributed by atoms with E-state index in [9.17, 15) is 31.6 Å². The Bertz CT molecular complexity index is 5840. The topological polar surface area (TPSA) is 43.5 Å². The summed E-state index contributed by atoms with van der Waals surface area (Å²) in [5.74, 6) is 0. The van der Waals surface area contributed by atoms with Crippen LogP contribution >= 0.6 is 0 Å². The smallest absolute Gasteiger partial charge is 0.307 e. The van der Waals surface area contributed by atoms with Crippen LogP contribution in [0.3, 0.4) is 0 Å². The summed E-state index contributed by atoms with van der Waals surface area (Å²) in [6, 6.07) is 72.6. The number of benzene rings is 12. The Morgan fingerprint density at radius 2 is 0.574 bits per heavy atom. The molecule has 0 bridgehead atoms. The van der Waals surface area contributed by atoms with Crippen LogP contribution in [0.2, 0.25) is 0 Å². The number of hydrogen-bond acceptors (Lipinski definition) is 1. The number of nitriles is 1. The Morgan fingerprint density at radius 1 is 0.287 bits per heavy atom. The average Bonchev–Trinajstić information content (AvgIpc) is 1.53. The maximum absolute atomic E-state index is 15.6. The highest BCUT2D eigenvalue weighted by atomic mass is 19.4. The number of aryl methyl sites for hydroxylation is 4. The maximum atomic E-state index is 15.6. The second kappa shape index (κ2) is 21.9. The molecule has 0 aliphatic rings. The molecule has 0 amide bonds. The molecule has 0 saturated carbocycles. The van der Waals surface area contributed by atoms with Crippen LogP contribution in [-0.2, 0) is 18.5 Å². The number of hydrogen-bond donors (Lipinski definition) is 0. The third-order valence-electron chi connectivity index (χ3n) is 18.2. The van der Waals surface area contributed by atoms with Crippen molar-refractivity contribution >= 4 is 87.2 Å². The van der Waals surface area contributed by atoms with E-state index in [-0.39, 0.29) is 33.6 Å². The van der Waals surface area contributed by atoms with Crippen molar-refractivity contribution < 1.29 is 39.5 Å². The third kappa shape index (κ3) is 9.31. The highest BCUT2D eigenvalue weighted by Gasteiger charge is 2.40. The van der Waals surface area contributed by atoms with Crippen LogP contribution in [0.5, 0.6) is 0 Å². The summed E-state index contributed by atoms with van der Waals surface area (Å²) in [6.07, 6.45) is -14.3. The van der Waals surface area contributed by atoms with Gasteiger partial charge in [0.2, 0.25) is 0 Å². The molecule has 0 atom stereocenters. The van der Waals surface area contributed by atoms with E-state index < -0.39 is 35.2 Å². The van der Waals surface area contributed by atoms with Crippen LogP contribution in [0.1, 0.15) is 44.5 Å². The number of fused-ring (bicyclic) bond motifs is 12. The van der Waals surface area contributed by atoms with E-state index in [1.807, 2.05) is 141 Å². The van der Waals surface area contributed by atoms with E-state index in [1.165, 1.54) is 36.4 Å². The molecule has 0 radical (unpaired) electrons. The minimum atomic E-state index is -4.94. The minimum absolute atomic E-state index is 0.0225. The highest BCUT2D eigenvalue weighted by molar-refractivity contribution is 6.15. The molecule has 0 unspecified atom stereocenters. The van der Waals surface area contributed by atoms with Gasteiger partial charge in [-0.1, -0.05) is 158 Å². The second-order valence-corrected chi connectivity index (χ2v) is 23.8. The van der Waals surface area contributed by atoms with Gasteiger partial charge in [0.05, 0.1) is 89.1 Å². The lowest BCUT2D eigenvalue weighted by Crippen LogP contribution is -2.15. The Hall–Kier alpha value is -11.3. The van der Waals surface area contributed by atoms with Crippen molar-refractivity contribution in [2.45, 2.75) is 46.2 Å². The van der Waals surface area contributed by atoms with Crippen LogP contribution in [0, 0.1) is 39.0 Å². The fraction of sp³-hybridized carbons (Fsp3) is 0.0875. The van der Waals surface area contributed by atoms with Crippen LogP contribution < -0.4 is 0 Å².